The predicted molar refractivity (Wildman–Crippen MR) is 145 cm³/mol. The van der Waals surface area contributed by atoms with E-state index in [2.05, 4.69) is 41.6 Å². The molecule has 180 valence electrons. The van der Waals surface area contributed by atoms with Crippen molar-refractivity contribution in [2.75, 3.05) is 22.9 Å². The fraction of sp³-hybridized carbons (Fsp3) is 0.241. The molecule has 1 saturated heterocycles. The van der Waals surface area contributed by atoms with Crippen molar-refractivity contribution in [3.05, 3.63) is 99.5 Å². The Morgan fingerprint density at radius 2 is 1.49 bits per heavy atom. The van der Waals surface area contributed by atoms with Gasteiger partial charge >= 0.3 is 0 Å². The van der Waals surface area contributed by atoms with E-state index in [1.165, 1.54) is 4.90 Å². The first-order valence-electron chi connectivity index (χ1n) is 11.9. The average Bonchev–Trinajstić information content (AvgIpc) is 3.15. The van der Waals surface area contributed by atoms with Gasteiger partial charge in [0.25, 0.3) is 11.7 Å². The summed E-state index contributed by atoms with van der Waals surface area (Å²) in [6, 6.07) is 21.8. The minimum atomic E-state index is -0.739. The molecule has 1 fully saturated rings. The van der Waals surface area contributed by atoms with Crippen LogP contribution in [-0.4, -0.2) is 29.9 Å². The van der Waals surface area contributed by atoms with Crippen LogP contribution in [-0.2, 0) is 16.0 Å². The van der Waals surface area contributed by atoms with Crippen molar-refractivity contribution in [2.45, 2.75) is 33.2 Å². The molecule has 0 saturated carbocycles. The molecule has 4 rings (SSSR count). The summed E-state index contributed by atoms with van der Waals surface area (Å²) in [4.78, 5) is 30.4. The molecule has 3 aromatic carbocycles. The van der Waals surface area contributed by atoms with E-state index in [0.29, 0.717) is 11.3 Å². The molecule has 1 atom stereocenters. The molecule has 1 aliphatic rings. The molecular weight excluding hydrogens is 504 g/mol. The molecular formula is C29H29BrN2O3. The molecule has 0 spiro atoms. The van der Waals surface area contributed by atoms with Crippen LogP contribution in [0.3, 0.4) is 0 Å². The van der Waals surface area contributed by atoms with Gasteiger partial charge in [-0.3, -0.25) is 14.5 Å². The smallest absolute Gasteiger partial charge is 0.300 e. The highest BCUT2D eigenvalue weighted by Crippen LogP contribution is 2.42. The summed E-state index contributed by atoms with van der Waals surface area (Å²) in [5.41, 5.74) is 4.16. The highest BCUT2D eigenvalue weighted by molar-refractivity contribution is 9.10. The average molecular weight is 533 g/mol. The lowest BCUT2D eigenvalue weighted by atomic mass is 9.95. The third kappa shape index (κ3) is 4.76. The van der Waals surface area contributed by atoms with Crippen LogP contribution in [0, 0.1) is 0 Å². The molecule has 1 heterocycles. The van der Waals surface area contributed by atoms with Crippen molar-refractivity contribution in [3.63, 3.8) is 0 Å². The number of nitrogens with zero attached hydrogens (tertiary/aromatic N) is 2. The quantitative estimate of drug-likeness (QED) is 0.215. The van der Waals surface area contributed by atoms with Gasteiger partial charge in [0, 0.05) is 34.5 Å². The number of aliphatic hydroxyl groups is 1. The zero-order chi connectivity index (χ0) is 25.1. The molecule has 0 radical (unpaired) electrons. The number of ketones is 1. The number of amides is 1. The molecule has 1 amide bonds. The normalized spacial score (nSPS) is 17.1. The summed E-state index contributed by atoms with van der Waals surface area (Å²) in [6.07, 6.45) is 0.874. The van der Waals surface area contributed by atoms with Gasteiger partial charge < -0.3 is 10.0 Å². The highest BCUT2D eigenvalue weighted by atomic mass is 79.9. The molecule has 5 nitrogen and oxygen atoms in total. The van der Waals surface area contributed by atoms with E-state index in [9.17, 15) is 14.7 Å². The molecule has 0 bridgehead atoms. The van der Waals surface area contributed by atoms with E-state index >= 15 is 0 Å². The Hall–Kier alpha value is -3.38. The highest BCUT2D eigenvalue weighted by Gasteiger charge is 2.46. The molecule has 0 aromatic heterocycles. The fourth-order valence-corrected chi connectivity index (χ4v) is 4.79. The van der Waals surface area contributed by atoms with Crippen LogP contribution in [0.2, 0.25) is 0 Å². The summed E-state index contributed by atoms with van der Waals surface area (Å²) in [5.74, 6) is -1.52. The first-order chi connectivity index (χ1) is 16.9. The third-order valence-electron chi connectivity index (χ3n) is 6.52. The maximum atomic E-state index is 13.3. The van der Waals surface area contributed by atoms with E-state index in [4.69, 9.17) is 0 Å². The first-order valence-corrected chi connectivity index (χ1v) is 12.7. The molecule has 1 aliphatic heterocycles. The van der Waals surface area contributed by atoms with E-state index in [1.54, 1.807) is 24.3 Å². The molecule has 6 heteroatoms. The molecule has 1 unspecified atom stereocenters. The van der Waals surface area contributed by atoms with Gasteiger partial charge in [-0.1, -0.05) is 59.3 Å². The largest absolute Gasteiger partial charge is 0.507 e. The van der Waals surface area contributed by atoms with E-state index in [0.717, 1.165) is 40.8 Å². The predicted octanol–water partition coefficient (Wildman–Crippen LogP) is 6.48. The van der Waals surface area contributed by atoms with Crippen LogP contribution in [0.4, 0.5) is 11.4 Å². The summed E-state index contributed by atoms with van der Waals surface area (Å²) in [6.45, 7) is 8.02. The van der Waals surface area contributed by atoms with Crippen LogP contribution in [0.1, 0.15) is 43.5 Å². The minimum absolute atomic E-state index is 0.0903. The van der Waals surface area contributed by atoms with Crippen LogP contribution in [0.5, 0.6) is 0 Å². The van der Waals surface area contributed by atoms with Crippen molar-refractivity contribution in [1.82, 2.24) is 0 Å². The molecule has 1 N–H and O–H groups in total. The Morgan fingerprint density at radius 3 is 2.03 bits per heavy atom. The lowest BCUT2D eigenvalue weighted by Crippen LogP contribution is -2.29. The number of anilines is 2. The van der Waals surface area contributed by atoms with E-state index < -0.39 is 17.7 Å². The fourth-order valence-electron chi connectivity index (χ4n) is 4.53. The van der Waals surface area contributed by atoms with Gasteiger partial charge in [0.05, 0.1) is 11.6 Å². The maximum absolute atomic E-state index is 13.3. The van der Waals surface area contributed by atoms with Crippen molar-refractivity contribution < 1.29 is 14.7 Å². The second kappa shape index (κ2) is 10.5. The standard InChI is InChI=1S/C29H29BrN2O3/c1-4-19-7-15-24(16-8-19)32-26(20-11-17-23(18-12-20)31(5-2)6-3)25(28(34)29(32)35)27(33)21-9-13-22(30)14-10-21/h7-18,26,33H,4-6H2,1-3H3/b27-25-. The zero-order valence-corrected chi connectivity index (χ0v) is 21.7. The van der Waals surface area contributed by atoms with E-state index in [1.807, 2.05) is 48.5 Å². The van der Waals surface area contributed by atoms with Crippen LogP contribution in [0.15, 0.2) is 82.8 Å². The van der Waals surface area contributed by atoms with Crippen LogP contribution in [0.25, 0.3) is 5.76 Å². The number of Topliss-reactive ketones (excluding diaryl/α,β-unsaturated/α-hetero) is 1. The van der Waals surface area contributed by atoms with Gasteiger partial charge in [0.1, 0.15) is 5.76 Å². The SMILES string of the molecule is CCc1ccc(N2C(=O)C(=O)/C(=C(\O)c3ccc(Br)cc3)C2c2ccc(N(CC)CC)cc2)cc1. The topological polar surface area (TPSA) is 60.9 Å². The van der Waals surface area contributed by atoms with Gasteiger partial charge in [0.2, 0.25) is 0 Å². The number of aliphatic hydroxyl groups excluding tert-OH is 1. The zero-order valence-electron chi connectivity index (χ0n) is 20.2. The minimum Gasteiger partial charge on any atom is -0.507 e. The Kier molecular flexibility index (Phi) is 7.41. The number of hydrogen-bond donors (Lipinski definition) is 1. The summed E-state index contributed by atoms with van der Waals surface area (Å²) in [5, 5.41) is 11.3. The monoisotopic (exact) mass is 532 g/mol. The summed E-state index contributed by atoms with van der Waals surface area (Å²) >= 11 is 3.40. The van der Waals surface area contributed by atoms with Gasteiger partial charge in [-0.25, -0.2) is 0 Å². The van der Waals surface area contributed by atoms with E-state index in [-0.39, 0.29) is 11.3 Å². The number of carbonyl (C=O) groups excluding carboxylic acids is 2. The summed E-state index contributed by atoms with van der Waals surface area (Å²) < 4.78 is 0.856. The van der Waals surface area contributed by atoms with Gasteiger partial charge in [-0.2, -0.15) is 0 Å². The van der Waals surface area contributed by atoms with Crippen molar-refractivity contribution in [3.8, 4) is 0 Å². The van der Waals surface area contributed by atoms with Crippen molar-refractivity contribution in [1.29, 1.82) is 0 Å². The van der Waals surface area contributed by atoms with Crippen LogP contribution >= 0.6 is 15.9 Å². The lowest BCUT2D eigenvalue weighted by Gasteiger charge is -2.27. The van der Waals surface area contributed by atoms with Crippen LogP contribution < -0.4 is 9.80 Å². The number of halogens is 1. The number of carbonyl (C=O) groups is 2. The Balaban J connectivity index is 1.88. The number of rotatable bonds is 7. The molecule has 35 heavy (non-hydrogen) atoms. The number of hydrogen-bond acceptors (Lipinski definition) is 4. The second-order valence-electron chi connectivity index (χ2n) is 8.46. The Morgan fingerprint density at radius 1 is 0.886 bits per heavy atom. The van der Waals surface area contributed by atoms with Crippen molar-refractivity contribution >= 4 is 44.8 Å². The molecule has 0 aliphatic carbocycles. The Labute approximate surface area is 214 Å². The van der Waals surface area contributed by atoms with Gasteiger partial charge in [-0.05, 0) is 67.8 Å². The van der Waals surface area contributed by atoms with Gasteiger partial charge in [0.15, 0.2) is 0 Å². The maximum Gasteiger partial charge on any atom is 0.300 e. The number of aryl methyl sites for hydroxylation is 1. The third-order valence-corrected chi connectivity index (χ3v) is 7.05. The Bertz CT molecular complexity index is 1240. The van der Waals surface area contributed by atoms with Crippen molar-refractivity contribution in [2.24, 2.45) is 0 Å². The first kappa shape index (κ1) is 24.7. The molecule has 3 aromatic rings. The second-order valence-corrected chi connectivity index (χ2v) is 9.38. The lowest BCUT2D eigenvalue weighted by molar-refractivity contribution is -0.132. The summed E-state index contributed by atoms with van der Waals surface area (Å²) in [7, 11) is 0. The number of benzene rings is 3. The van der Waals surface area contributed by atoms with Gasteiger partial charge in [-0.15, -0.1) is 0 Å².